The van der Waals surface area contributed by atoms with Gasteiger partial charge in [0.05, 0.1) is 17.5 Å². The van der Waals surface area contributed by atoms with E-state index >= 15 is 0 Å². The Bertz CT molecular complexity index is 418. The lowest BCUT2D eigenvalue weighted by molar-refractivity contribution is -0.0605. The number of nitrogen functional groups attached to an aromatic ring is 1. The van der Waals surface area contributed by atoms with Gasteiger partial charge in [-0.05, 0) is 0 Å². The van der Waals surface area contributed by atoms with Gasteiger partial charge in [0, 0.05) is 39.6 Å². The van der Waals surface area contributed by atoms with Gasteiger partial charge in [-0.15, -0.1) is 0 Å². The summed E-state index contributed by atoms with van der Waals surface area (Å²) in [4.78, 5) is 11.9. The van der Waals surface area contributed by atoms with Crippen LogP contribution in [0.1, 0.15) is 23.3 Å². The third-order valence-corrected chi connectivity index (χ3v) is 3.18. The van der Waals surface area contributed by atoms with E-state index in [1.807, 2.05) is 0 Å². The lowest BCUT2D eigenvalue weighted by atomic mass is 9.94. The van der Waals surface area contributed by atoms with E-state index in [1.165, 1.54) is 10.9 Å². The normalized spacial score (nSPS) is 18.6. The SMILES string of the molecule is Cn1ncc(N)c1C(=O)NCC1(O)CCOCC1. The number of carbonyl (C=O) groups excluding carboxylic acids is 1. The Balaban J connectivity index is 1.96. The summed E-state index contributed by atoms with van der Waals surface area (Å²) in [5.74, 6) is -0.326. The number of hydrogen-bond acceptors (Lipinski definition) is 5. The number of aromatic nitrogens is 2. The Kier molecular flexibility index (Phi) is 3.53. The Labute approximate surface area is 105 Å². The van der Waals surface area contributed by atoms with Crippen LogP contribution in [0.3, 0.4) is 0 Å². The molecule has 0 spiro atoms. The zero-order chi connectivity index (χ0) is 13.2. The molecule has 0 saturated carbocycles. The van der Waals surface area contributed by atoms with E-state index < -0.39 is 5.60 Å². The van der Waals surface area contributed by atoms with E-state index in [2.05, 4.69) is 10.4 Å². The molecule has 1 aliphatic heterocycles. The van der Waals surface area contributed by atoms with E-state index in [1.54, 1.807) is 7.05 Å². The number of aryl methyl sites for hydroxylation is 1. The van der Waals surface area contributed by atoms with Crippen molar-refractivity contribution in [2.24, 2.45) is 7.05 Å². The molecule has 0 aromatic carbocycles. The third kappa shape index (κ3) is 2.62. The topological polar surface area (TPSA) is 102 Å². The molecule has 0 radical (unpaired) electrons. The number of nitrogens with one attached hydrogen (secondary N) is 1. The van der Waals surface area contributed by atoms with Gasteiger partial charge >= 0.3 is 0 Å². The van der Waals surface area contributed by atoms with Gasteiger partial charge in [0.2, 0.25) is 0 Å². The maximum absolute atomic E-state index is 11.9. The third-order valence-electron chi connectivity index (χ3n) is 3.18. The summed E-state index contributed by atoms with van der Waals surface area (Å²) in [7, 11) is 1.65. The van der Waals surface area contributed by atoms with Crippen molar-refractivity contribution >= 4 is 11.6 Å². The first-order valence-electron chi connectivity index (χ1n) is 5.88. The summed E-state index contributed by atoms with van der Waals surface area (Å²) in [6.45, 7) is 1.22. The molecule has 0 unspecified atom stereocenters. The highest BCUT2D eigenvalue weighted by atomic mass is 16.5. The van der Waals surface area contributed by atoms with Crippen molar-refractivity contribution in [1.29, 1.82) is 0 Å². The molecule has 1 aromatic rings. The molecule has 0 atom stereocenters. The Morgan fingerprint density at radius 1 is 1.67 bits per heavy atom. The first-order chi connectivity index (χ1) is 8.52. The fourth-order valence-corrected chi connectivity index (χ4v) is 1.99. The van der Waals surface area contributed by atoms with Crippen molar-refractivity contribution < 1.29 is 14.6 Å². The van der Waals surface area contributed by atoms with E-state index in [-0.39, 0.29) is 12.5 Å². The molecule has 0 bridgehead atoms. The minimum absolute atomic E-state index is 0.194. The van der Waals surface area contributed by atoms with Gasteiger partial charge in [-0.25, -0.2) is 0 Å². The van der Waals surface area contributed by atoms with Crippen LogP contribution in [0.4, 0.5) is 5.69 Å². The number of nitrogens with two attached hydrogens (primary N) is 1. The summed E-state index contributed by atoms with van der Waals surface area (Å²) in [5.41, 5.74) is 5.41. The fourth-order valence-electron chi connectivity index (χ4n) is 1.99. The first-order valence-corrected chi connectivity index (χ1v) is 5.88. The molecule has 1 aliphatic rings. The number of amides is 1. The van der Waals surface area contributed by atoms with Crippen molar-refractivity contribution in [3.8, 4) is 0 Å². The molecule has 1 saturated heterocycles. The highest BCUT2D eigenvalue weighted by Crippen LogP contribution is 2.19. The summed E-state index contributed by atoms with van der Waals surface area (Å²) in [5, 5.41) is 16.8. The standard InChI is InChI=1S/C11H18N4O3/c1-15-9(8(12)6-14-15)10(16)13-7-11(17)2-4-18-5-3-11/h6,17H,2-5,7,12H2,1H3,(H,13,16). The molecular weight excluding hydrogens is 236 g/mol. The molecule has 4 N–H and O–H groups in total. The monoisotopic (exact) mass is 254 g/mol. The lowest BCUT2D eigenvalue weighted by Crippen LogP contribution is -2.47. The number of rotatable bonds is 3. The number of anilines is 1. The first kappa shape index (κ1) is 12.8. The van der Waals surface area contributed by atoms with Gasteiger partial charge < -0.3 is 20.9 Å². The number of nitrogens with zero attached hydrogens (tertiary/aromatic N) is 2. The van der Waals surface area contributed by atoms with Gasteiger partial charge in [-0.3, -0.25) is 9.48 Å². The van der Waals surface area contributed by atoms with Gasteiger partial charge in [0.25, 0.3) is 5.91 Å². The zero-order valence-electron chi connectivity index (χ0n) is 10.3. The number of aliphatic hydroxyl groups is 1. The maximum atomic E-state index is 11.9. The van der Waals surface area contributed by atoms with Crippen molar-refractivity contribution in [3.63, 3.8) is 0 Å². The quantitative estimate of drug-likeness (QED) is 0.660. The minimum atomic E-state index is -0.888. The fraction of sp³-hybridized carbons (Fsp3) is 0.636. The van der Waals surface area contributed by atoms with E-state index in [0.29, 0.717) is 37.4 Å². The molecule has 7 heteroatoms. The van der Waals surface area contributed by atoms with Gasteiger partial charge in [0.15, 0.2) is 0 Å². The summed E-state index contributed by atoms with van der Waals surface area (Å²) >= 11 is 0. The van der Waals surface area contributed by atoms with Crippen molar-refractivity contribution in [1.82, 2.24) is 15.1 Å². The van der Waals surface area contributed by atoms with Crippen LogP contribution in [-0.4, -0.2) is 46.2 Å². The minimum Gasteiger partial charge on any atom is -0.396 e. The van der Waals surface area contributed by atoms with E-state index in [9.17, 15) is 9.90 Å². The zero-order valence-corrected chi connectivity index (χ0v) is 10.3. The summed E-state index contributed by atoms with van der Waals surface area (Å²) in [6.07, 6.45) is 2.47. The van der Waals surface area contributed by atoms with Crippen LogP contribution in [0.5, 0.6) is 0 Å². The van der Waals surface area contributed by atoms with Gasteiger partial charge in [-0.1, -0.05) is 0 Å². The molecule has 18 heavy (non-hydrogen) atoms. The predicted octanol–water partition coefficient (Wildman–Crippen LogP) is -0.726. The summed E-state index contributed by atoms with van der Waals surface area (Å²) in [6, 6.07) is 0. The second-order valence-corrected chi connectivity index (χ2v) is 4.59. The number of carbonyl (C=O) groups is 1. The van der Waals surface area contributed by atoms with Crippen LogP contribution in [-0.2, 0) is 11.8 Å². The molecule has 100 valence electrons. The number of ether oxygens (including phenoxy) is 1. The predicted molar refractivity (Wildman–Crippen MR) is 65.0 cm³/mol. The van der Waals surface area contributed by atoms with Crippen LogP contribution in [0.2, 0.25) is 0 Å². The molecule has 1 amide bonds. The molecule has 1 aromatic heterocycles. The van der Waals surface area contributed by atoms with Crippen molar-refractivity contribution in [2.45, 2.75) is 18.4 Å². The van der Waals surface area contributed by atoms with Gasteiger partial charge in [-0.2, -0.15) is 5.10 Å². The van der Waals surface area contributed by atoms with Crippen LogP contribution >= 0.6 is 0 Å². The molecule has 2 heterocycles. The highest BCUT2D eigenvalue weighted by Gasteiger charge is 2.30. The second kappa shape index (κ2) is 4.95. The largest absolute Gasteiger partial charge is 0.396 e. The molecule has 7 nitrogen and oxygen atoms in total. The smallest absolute Gasteiger partial charge is 0.271 e. The average molecular weight is 254 g/mol. The van der Waals surface area contributed by atoms with Crippen LogP contribution < -0.4 is 11.1 Å². The Morgan fingerprint density at radius 2 is 2.33 bits per heavy atom. The Morgan fingerprint density at radius 3 is 2.89 bits per heavy atom. The summed E-state index contributed by atoms with van der Waals surface area (Å²) < 4.78 is 6.59. The number of hydrogen-bond donors (Lipinski definition) is 3. The van der Waals surface area contributed by atoms with E-state index in [4.69, 9.17) is 10.5 Å². The van der Waals surface area contributed by atoms with Crippen molar-refractivity contribution in [3.05, 3.63) is 11.9 Å². The van der Waals surface area contributed by atoms with Crippen LogP contribution in [0, 0.1) is 0 Å². The molecule has 2 rings (SSSR count). The van der Waals surface area contributed by atoms with E-state index in [0.717, 1.165) is 0 Å². The van der Waals surface area contributed by atoms with Crippen LogP contribution in [0.25, 0.3) is 0 Å². The van der Waals surface area contributed by atoms with Crippen molar-refractivity contribution in [2.75, 3.05) is 25.5 Å². The van der Waals surface area contributed by atoms with Gasteiger partial charge in [0.1, 0.15) is 5.69 Å². The molecule has 0 aliphatic carbocycles. The van der Waals surface area contributed by atoms with Crippen LogP contribution in [0.15, 0.2) is 6.20 Å². The highest BCUT2D eigenvalue weighted by molar-refractivity contribution is 5.97. The molecular formula is C11H18N4O3. The lowest BCUT2D eigenvalue weighted by Gasteiger charge is -2.32. The molecule has 1 fully saturated rings. The average Bonchev–Trinajstić information content (AvgIpc) is 2.67. The Hall–Kier alpha value is -1.60. The maximum Gasteiger partial charge on any atom is 0.271 e. The second-order valence-electron chi connectivity index (χ2n) is 4.59.